The van der Waals surface area contributed by atoms with Crippen LogP contribution in [0.15, 0.2) is 41.0 Å². The van der Waals surface area contributed by atoms with Crippen LogP contribution in [0.5, 0.6) is 0 Å². The Labute approximate surface area is 155 Å². The third-order valence-electron chi connectivity index (χ3n) is 4.17. The second-order valence-corrected chi connectivity index (χ2v) is 6.78. The van der Waals surface area contributed by atoms with Crippen LogP contribution in [0.2, 0.25) is 0 Å². The predicted molar refractivity (Wildman–Crippen MR) is 99.4 cm³/mol. The summed E-state index contributed by atoms with van der Waals surface area (Å²) >= 11 is 3.58. The zero-order valence-corrected chi connectivity index (χ0v) is 16.1. The maximum absolute atomic E-state index is 13.1. The van der Waals surface area contributed by atoms with Gasteiger partial charge in [-0.25, -0.2) is 9.50 Å². The fourth-order valence-electron chi connectivity index (χ4n) is 2.82. The maximum atomic E-state index is 13.1. The van der Waals surface area contributed by atoms with Gasteiger partial charge in [-0.3, -0.25) is 4.79 Å². The summed E-state index contributed by atoms with van der Waals surface area (Å²) in [6, 6.07) is 9.68. The van der Waals surface area contributed by atoms with Gasteiger partial charge < -0.3 is 4.90 Å². The standard InChI is InChI=1S/C18H20BrN5O/c1-4-11-23(13(3)14-7-5-6-8-15(14)19)17(25)16-21-18-20-10-9-12(2)24(18)22-16/h5-10,13H,4,11H2,1-3H3. The van der Waals surface area contributed by atoms with Gasteiger partial charge in [-0.15, -0.1) is 5.10 Å². The molecular formula is C18H20BrN5O. The molecule has 1 unspecified atom stereocenters. The molecule has 0 bridgehead atoms. The number of rotatable bonds is 5. The molecule has 0 spiro atoms. The van der Waals surface area contributed by atoms with Gasteiger partial charge in [0, 0.05) is 22.9 Å². The van der Waals surface area contributed by atoms with E-state index in [0.29, 0.717) is 12.3 Å². The molecule has 2 heterocycles. The molecule has 3 aromatic rings. The largest absolute Gasteiger partial charge is 0.329 e. The highest BCUT2D eigenvalue weighted by atomic mass is 79.9. The molecule has 130 valence electrons. The van der Waals surface area contributed by atoms with Crippen molar-refractivity contribution in [3.63, 3.8) is 0 Å². The molecule has 1 atom stereocenters. The SMILES string of the molecule is CCCN(C(=O)c1nc2nccc(C)n2n1)C(C)c1ccccc1Br. The van der Waals surface area contributed by atoms with Gasteiger partial charge in [-0.1, -0.05) is 41.1 Å². The zero-order valence-electron chi connectivity index (χ0n) is 14.5. The number of aryl methyl sites for hydroxylation is 1. The topological polar surface area (TPSA) is 63.4 Å². The number of hydrogen-bond acceptors (Lipinski definition) is 4. The number of fused-ring (bicyclic) bond motifs is 1. The summed E-state index contributed by atoms with van der Waals surface area (Å²) < 4.78 is 2.58. The van der Waals surface area contributed by atoms with Crippen molar-refractivity contribution in [2.24, 2.45) is 0 Å². The highest BCUT2D eigenvalue weighted by Gasteiger charge is 2.26. The van der Waals surface area contributed by atoms with E-state index in [0.717, 1.165) is 22.2 Å². The molecule has 0 aliphatic heterocycles. The second-order valence-electron chi connectivity index (χ2n) is 5.93. The number of carbonyl (C=O) groups excluding carboxylic acids is 1. The number of halogens is 1. The summed E-state index contributed by atoms with van der Waals surface area (Å²) in [6.45, 7) is 6.61. The average Bonchev–Trinajstić information content (AvgIpc) is 3.05. The summed E-state index contributed by atoms with van der Waals surface area (Å²) in [5.41, 5.74) is 1.94. The van der Waals surface area contributed by atoms with Gasteiger partial charge in [-0.05, 0) is 38.0 Å². The van der Waals surface area contributed by atoms with Crippen molar-refractivity contribution in [1.29, 1.82) is 0 Å². The van der Waals surface area contributed by atoms with E-state index < -0.39 is 0 Å². The van der Waals surface area contributed by atoms with Gasteiger partial charge in [0.15, 0.2) is 0 Å². The summed E-state index contributed by atoms with van der Waals surface area (Å²) in [4.78, 5) is 23.4. The summed E-state index contributed by atoms with van der Waals surface area (Å²) in [5.74, 6) is 0.428. The predicted octanol–water partition coefficient (Wildman–Crippen LogP) is 3.81. The highest BCUT2D eigenvalue weighted by molar-refractivity contribution is 9.10. The molecule has 2 aromatic heterocycles. The van der Waals surface area contributed by atoms with E-state index in [9.17, 15) is 4.79 Å². The summed E-state index contributed by atoms with van der Waals surface area (Å²) in [5, 5.41) is 4.35. The molecule has 3 rings (SSSR count). The van der Waals surface area contributed by atoms with Crippen LogP contribution in [0.25, 0.3) is 5.78 Å². The van der Waals surface area contributed by atoms with Gasteiger partial charge in [-0.2, -0.15) is 4.98 Å². The minimum Gasteiger partial charge on any atom is -0.329 e. The third kappa shape index (κ3) is 3.42. The second kappa shape index (κ2) is 7.31. The lowest BCUT2D eigenvalue weighted by Gasteiger charge is -2.29. The van der Waals surface area contributed by atoms with Gasteiger partial charge in [0.2, 0.25) is 5.82 Å². The Hall–Kier alpha value is -2.28. The number of benzene rings is 1. The van der Waals surface area contributed by atoms with Gasteiger partial charge in [0.1, 0.15) is 0 Å². The smallest absolute Gasteiger partial charge is 0.294 e. The number of nitrogens with zero attached hydrogens (tertiary/aromatic N) is 5. The lowest BCUT2D eigenvalue weighted by atomic mass is 10.1. The van der Waals surface area contributed by atoms with Gasteiger partial charge >= 0.3 is 0 Å². The van der Waals surface area contributed by atoms with Crippen molar-refractivity contribution in [2.45, 2.75) is 33.2 Å². The first-order valence-electron chi connectivity index (χ1n) is 8.26. The molecule has 7 heteroatoms. The average molecular weight is 402 g/mol. The van der Waals surface area contributed by atoms with E-state index >= 15 is 0 Å². The van der Waals surface area contributed by atoms with Crippen molar-refractivity contribution in [3.05, 3.63) is 58.1 Å². The van der Waals surface area contributed by atoms with Crippen LogP contribution in [0.4, 0.5) is 0 Å². The van der Waals surface area contributed by atoms with Crippen LogP contribution in [0.3, 0.4) is 0 Å². The van der Waals surface area contributed by atoms with Crippen LogP contribution in [0.1, 0.15) is 48.2 Å². The lowest BCUT2D eigenvalue weighted by Crippen LogP contribution is -2.35. The van der Waals surface area contributed by atoms with E-state index in [1.54, 1.807) is 10.7 Å². The van der Waals surface area contributed by atoms with Crippen molar-refractivity contribution < 1.29 is 4.79 Å². The first-order chi connectivity index (χ1) is 12.0. The van der Waals surface area contributed by atoms with Crippen molar-refractivity contribution >= 4 is 27.6 Å². The normalized spacial score (nSPS) is 12.3. The first kappa shape index (κ1) is 17.5. The van der Waals surface area contributed by atoms with Crippen LogP contribution in [0, 0.1) is 6.92 Å². The summed E-state index contributed by atoms with van der Waals surface area (Å²) in [7, 11) is 0. The highest BCUT2D eigenvalue weighted by Crippen LogP contribution is 2.28. The van der Waals surface area contributed by atoms with E-state index in [1.165, 1.54) is 0 Å². The van der Waals surface area contributed by atoms with Crippen molar-refractivity contribution in [1.82, 2.24) is 24.5 Å². The molecule has 0 aliphatic carbocycles. The molecule has 25 heavy (non-hydrogen) atoms. The Kier molecular flexibility index (Phi) is 5.13. The van der Waals surface area contributed by atoms with E-state index in [2.05, 4.69) is 37.9 Å². The van der Waals surface area contributed by atoms with Gasteiger partial charge in [0.25, 0.3) is 11.7 Å². The third-order valence-corrected chi connectivity index (χ3v) is 4.89. The molecule has 1 aromatic carbocycles. The first-order valence-corrected chi connectivity index (χ1v) is 9.06. The molecule has 0 radical (unpaired) electrons. The Morgan fingerprint density at radius 1 is 1.32 bits per heavy atom. The van der Waals surface area contributed by atoms with E-state index in [-0.39, 0.29) is 17.8 Å². The molecule has 0 saturated carbocycles. The molecular weight excluding hydrogens is 382 g/mol. The number of aromatic nitrogens is 4. The van der Waals surface area contributed by atoms with Crippen LogP contribution >= 0.6 is 15.9 Å². The lowest BCUT2D eigenvalue weighted by molar-refractivity contribution is 0.0677. The molecule has 0 aliphatic rings. The van der Waals surface area contributed by atoms with Gasteiger partial charge in [0.05, 0.1) is 6.04 Å². The number of carbonyl (C=O) groups is 1. The van der Waals surface area contributed by atoms with E-state index in [1.807, 2.05) is 49.1 Å². The molecule has 0 saturated heterocycles. The Balaban J connectivity index is 1.97. The Morgan fingerprint density at radius 2 is 2.08 bits per heavy atom. The summed E-state index contributed by atoms with van der Waals surface area (Å²) in [6.07, 6.45) is 2.52. The minimum absolute atomic E-state index is 0.0938. The molecule has 0 N–H and O–H groups in total. The van der Waals surface area contributed by atoms with Crippen LogP contribution in [-0.2, 0) is 0 Å². The fraction of sp³-hybridized carbons (Fsp3) is 0.333. The minimum atomic E-state index is -0.185. The molecule has 6 nitrogen and oxygen atoms in total. The quantitative estimate of drug-likeness (QED) is 0.651. The monoisotopic (exact) mass is 401 g/mol. The molecule has 0 fully saturated rings. The van der Waals surface area contributed by atoms with Crippen LogP contribution in [-0.4, -0.2) is 36.9 Å². The van der Waals surface area contributed by atoms with Crippen molar-refractivity contribution in [2.75, 3.05) is 6.54 Å². The fourth-order valence-corrected chi connectivity index (χ4v) is 3.44. The number of hydrogen-bond donors (Lipinski definition) is 0. The van der Waals surface area contributed by atoms with Crippen molar-refractivity contribution in [3.8, 4) is 0 Å². The number of amides is 1. The molecule has 1 amide bonds. The Morgan fingerprint density at radius 3 is 2.76 bits per heavy atom. The van der Waals surface area contributed by atoms with E-state index in [4.69, 9.17) is 0 Å². The maximum Gasteiger partial charge on any atom is 0.294 e. The van der Waals surface area contributed by atoms with Crippen LogP contribution < -0.4 is 0 Å². The Bertz CT molecular complexity index is 907. The zero-order chi connectivity index (χ0) is 18.0.